The molecule has 1 aliphatic carbocycles. The van der Waals surface area contributed by atoms with Gasteiger partial charge in [-0.2, -0.15) is 0 Å². The highest BCUT2D eigenvalue weighted by Crippen LogP contribution is 2.26. The summed E-state index contributed by atoms with van der Waals surface area (Å²) in [7, 11) is 6.47. The van der Waals surface area contributed by atoms with Crippen molar-refractivity contribution in [1.29, 1.82) is 0 Å². The van der Waals surface area contributed by atoms with Crippen molar-refractivity contribution in [2.24, 2.45) is 5.92 Å². The highest BCUT2D eigenvalue weighted by Gasteiger charge is 2.18. The topological polar surface area (TPSA) is 18.5 Å². The molecule has 0 heterocycles. The third-order valence-corrected chi connectivity index (χ3v) is 3.20. The van der Waals surface area contributed by atoms with Gasteiger partial charge in [-0.1, -0.05) is 6.42 Å². The zero-order valence-corrected chi connectivity index (χ0v) is 10.6. The van der Waals surface area contributed by atoms with Crippen LogP contribution in [-0.2, 0) is 0 Å². The summed E-state index contributed by atoms with van der Waals surface area (Å²) in [4.78, 5) is 4.68. The predicted molar refractivity (Wildman–Crippen MR) is 66.3 cm³/mol. The Hall–Kier alpha value is -0.120. The van der Waals surface area contributed by atoms with Crippen LogP contribution in [-0.4, -0.2) is 63.7 Å². The Kier molecular flexibility index (Phi) is 6.22. The summed E-state index contributed by atoms with van der Waals surface area (Å²) in [6.45, 7) is 5.84. The van der Waals surface area contributed by atoms with Crippen molar-refractivity contribution >= 4 is 0 Å². The maximum atomic E-state index is 3.47. The van der Waals surface area contributed by atoms with Gasteiger partial charge in [-0.05, 0) is 39.9 Å². The maximum absolute atomic E-state index is 3.47. The van der Waals surface area contributed by atoms with Gasteiger partial charge in [-0.15, -0.1) is 0 Å². The molecule has 0 bridgehead atoms. The number of rotatable bonds is 8. The normalized spacial score (nSPS) is 17.4. The molecule has 1 saturated carbocycles. The van der Waals surface area contributed by atoms with Crippen molar-refractivity contribution in [2.45, 2.75) is 19.3 Å². The summed E-state index contributed by atoms with van der Waals surface area (Å²) in [5.41, 5.74) is 0. The Morgan fingerprint density at radius 1 is 1.07 bits per heavy atom. The van der Waals surface area contributed by atoms with Gasteiger partial charge in [0.1, 0.15) is 0 Å². The van der Waals surface area contributed by atoms with E-state index in [0.29, 0.717) is 0 Å². The van der Waals surface area contributed by atoms with Gasteiger partial charge in [-0.25, -0.2) is 0 Å². The van der Waals surface area contributed by atoms with Crippen molar-refractivity contribution < 1.29 is 0 Å². The van der Waals surface area contributed by atoms with Crippen LogP contribution in [0.2, 0.25) is 0 Å². The zero-order chi connectivity index (χ0) is 11.1. The van der Waals surface area contributed by atoms with Crippen molar-refractivity contribution in [1.82, 2.24) is 15.1 Å². The highest BCUT2D eigenvalue weighted by molar-refractivity contribution is 4.72. The molecule has 1 fully saturated rings. The lowest BCUT2D eigenvalue weighted by Crippen LogP contribution is -2.36. The van der Waals surface area contributed by atoms with E-state index in [4.69, 9.17) is 0 Å². The third kappa shape index (κ3) is 6.13. The number of hydrogen-bond acceptors (Lipinski definition) is 3. The number of nitrogens with zero attached hydrogens (tertiary/aromatic N) is 2. The van der Waals surface area contributed by atoms with E-state index in [1.54, 1.807) is 0 Å². The smallest absolute Gasteiger partial charge is 0.0104 e. The Labute approximate surface area is 94.8 Å². The van der Waals surface area contributed by atoms with Crippen LogP contribution in [0.1, 0.15) is 19.3 Å². The second-order valence-electron chi connectivity index (χ2n) is 5.11. The molecule has 1 rings (SSSR count). The standard InChI is InChI=1S/C12H27N3/c1-14(2)9-7-13-8-10-15(3)11-12-5-4-6-12/h12-13H,4-11H2,1-3H3. The van der Waals surface area contributed by atoms with Crippen LogP contribution in [0.4, 0.5) is 0 Å². The van der Waals surface area contributed by atoms with E-state index in [0.717, 1.165) is 25.6 Å². The van der Waals surface area contributed by atoms with E-state index >= 15 is 0 Å². The van der Waals surface area contributed by atoms with Crippen LogP contribution >= 0.6 is 0 Å². The minimum Gasteiger partial charge on any atom is -0.314 e. The van der Waals surface area contributed by atoms with Gasteiger partial charge in [0, 0.05) is 32.7 Å². The largest absolute Gasteiger partial charge is 0.314 e. The minimum absolute atomic E-state index is 0.997. The van der Waals surface area contributed by atoms with E-state index in [2.05, 4.69) is 36.3 Å². The second kappa shape index (κ2) is 7.20. The van der Waals surface area contributed by atoms with Crippen LogP contribution in [0.25, 0.3) is 0 Å². The lowest BCUT2D eigenvalue weighted by Gasteiger charge is -2.30. The molecule has 3 nitrogen and oxygen atoms in total. The summed E-state index contributed by atoms with van der Waals surface area (Å²) < 4.78 is 0. The molecule has 15 heavy (non-hydrogen) atoms. The maximum Gasteiger partial charge on any atom is 0.0104 e. The third-order valence-electron chi connectivity index (χ3n) is 3.20. The van der Waals surface area contributed by atoms with Gasteiger partial charge in [0.05, 0.1) is 0 Å². The van der Waals surface area contributed by atoms with E-state index < -0.39 is 0 Å². The lowest BCUT2D eigenvalue weighted by molar-refractivity contribution is 0.205. The molecule has 0 saturated heterocycles. The molecule has 0 spiro atoms. The summed E-state index contributed by atoms with van der Waals surface area (Å²) in [6.07, 6.45) is 4.37. The fourth-order valence-electron chi connectivity index (χ4n) is 1.91. The first kappa shape index (κ1) is 12.9. The Balaban J connectivity index is 1.85. The van der Waals surface area contributed by atoms with E-state index in [-0.39, 0.29) is 0 Å². The van der Waals surface area contributed by atoms with Crippen molar-refractivity contribution in [3.8, 4) is 0 Å². The molecule has 0 amide bonds. The molecule has 0 atom stereocenters. The van der Waals surface area contributed by atoms with E-state index in [9.17, 15) is 0 Å². The molecule has 0 aliphatic heterocycles. The zero-order valence-electron chi connectivity index (χ0n) is 10.6. The van der Waals surface area contributed by atoms with Gasteiger partial charge in [0.2, 0.25) is 0 Å². The van der Waals surface area contributed by atoms with Crippen LogP contribution in [0.3, 0.4) is 0 Å². The van der Waals surface area contributed by atoms with Crippen molar-refractivity contribution in [2.75, 3.05) is 53.9 Å². The van der Waals surface area contributed by atoms with Crippen LogP contribution < -0.4 is 5.32 Å². The molecule has 1 aliphatic rings. The van der Waals surface area contributed by atoms with Gasteiger partial charge >= 0.3 is 0 Å². The lowest BCUT2D eigenvalue weighted by atomic mass is 9.85. The van der Waals surface area contributed by atoms with Gasteiger partial charge in [0.15, 0.2) is 0 Å². The number of hydrogen-bond donors (Lipinski definition) is 1. The molecule has 90 valence electrons. The van der Waals surface area contributed by atoms with Gasteiger partial charge < -0.3 is 15.1 Å². The van der Waals surface area contributed by atoms with Crippen LogP contribution in [0, 0.1) is 5.92 Å². The summed E-state index contributed by atoms with van der Waals surface area (Å²) in [6, 6.07) is 0. The van der Waals surface area contributed by atoms with Crippen LogP contribution in [0.5, 0.6) is 0 Å². The molecule has 3 heteroatoms. The predicted octanol–water partition coefficient (Wildman–Crippen LogP) is 0.870. The average Bonchev–Trinajstić information content (AvgIpc) is 2.10. The molecule has 0 unspecified atom stereocenters. The van der Waals surface area contributed by atoms with Gasteiger partial charge in [-0.3, -0.25) is 0 Å². The average molecular weight is 213 g/mol. The monoisotopic (exact) mass is 213 g/mol. The number of likely N-dealkylation sites (N-methyl/N-ethyl adjacent to an activating group) is 2. The summed E-state index contributed by atoms with van der Waals surface area (Å²) >= 11 is 0. The first-order chi connectivity index (χ1) is 7.18. The molecular formula is C12H27N3. The van der Waals surface area contributed by atoms with Crippen molar-refractivity contribution in [3.05, 3.63) is 0 Å². The minimum atomic E-state index is 0.997. The first-order valence-electron chi connectivity index (χ1n) is 6.22. The fraction of sp³-hybridized carbons (Fsp3) is 1.00. The molecular weight excluding hydrogens is 186 g/mol. The molecule has 1 N–H and O–H groups in total. The molecule has 0 aromatic carbocycles. The molecule has 0 aromatic heterocycles. The van der Waals surface area contributed by atoms with E-state index in [1.165, 1.54) is 32.4 Å². The Bertz CT molecular complexity index is 155. The fourth-order valence-corrected chi connectivity index (χ4v) is 1.91. The molecule has 0 radical (unpaired) electrons. The second-order valence-corrected chi connectivity index (χ2v) is 5.11. The quantitative estimate of drug-likeness (QED) is 0.604. The number of nitrogens with one attached hydrogen (secondary N) is 1. The highest BCUT2D eigenvalue weighted by atomic mass is 15.1. The molecule has 0 aromatic rings. The summed E-state index contributed by atoms with van der Waals surface area (Å²) in [5.74, 6) is 0.997. The van der Waals surface area contributed by atoms with E-state index in [1.807, 2.05) is 0 Å². The van der Waals surface area contributed by atoms with Crippen LogP contribution in [0.15, 0.2) is 0 Å². The SMILES string of the molecule is CN(C)CCNCCN(C)CC1CCC1. The first-order valence-corrected chi connectivity index (χ1v) is 6.22. The van der Waals surface area contributed by atoms with Crippen molar-refractivity contribution in [3.63, 3.8) is 0 Å². The summed E-state index contributed by atoms with van der Waals surface area (Å²) in [5, 5.41) is 3.47. The Morgan fingerprint density at radius 2 is 1.73 bits per heavy atom. The Morgan fingerprint density at radius 3 is 2.27 bits per heavy atom. The van der Waals surface area contributed by atoms with Gasteiger partial charge in [0.25, 0.3) is 0 Å².